The molecule has 0 heterocycles. The van der Waals surface area contributed by atoms with Gasteiger partial charge in [0.15, 0.2) is 0 Å². The summed E-state index contributed by atoms with van der Waals surface area (Å²) >= 11 is 0. The Morgan fingerprint density at radius 3 is 2.50 bits per heavy atom. The highest BCUT2D eigenvalue weighted by molar-refractivity contribution is 5.82. The van der Waals surface area contributed by atoms with Gasteiger partial charge < -0.3 is 16.2 Å². The molecule has 1 rings (SSSR count). The second-order valence-electron chi connectivity index (χ2n) is 4.38. The van der Waals surface area contributed by atoms with Crippen molar-refractivity contribution in [2.75, 3.05) is 0 Å². The van der Waals surface area contributed by atoms with Crippen molar-refractivity contribution in [3.05, 3.63) is 0 Å². The van der Waals surface area contributed by atoms with Gasteiger partial charge in [-0.05, 0) is 19.3 Å². The quantitative estimate of drug-likeness (QED) is 0.643. The molecule has 0 bridgehead atoms. The van der Waals surface area contributed by atoms with Crippen LogP contribution >= 0.6 is 0 Å². The molecule has 1 unspecified atom stereocenters. The highest BCUT2D eigenvalue weighted by Crippen LogP contribution is 2.17. The minimum absolute atomic E-state index is 0.0563. The van der Waals surface area contributed by atoms with Crippen LogP contribution in [0, 0.1) is 0 Å². The van der Waals surface area contributed by atoms with Gasteiger partial charge in [0.05, 0.1) is 6.04 Å². The Hall–Kier alpha value is -1.10. The van der Waals surface area contributed by atoms with Gasteiger partial charge in [0, 0.05) is 12.5 Å². The van der Waals surface area contributed by atoms with E-state index in [4.69, 9.17) is 10.8 Å². The van der Waals surface area contributed by atoms with Crippen molar-refractivity contribution in [1.29, 1.82) is 0 Å². The lowest BCUT2D eigenvalue weighted by molar-refractivity contribution is -0.137. The van der Waals surface area contributed by atoms with Gasteiger partial charge in [-0.25, -0.2) is 0 Å². The molecule has 0 aromatic heterocycles. The number of rotatable bonds is 5. The van der Waals surface area contributed by atoms with E-state index in [1.54, 1.807) is 0 Å². The largest absolute Gasteiger partial charge is 0.481 e. The van der Waals surface area contributed by atoms with Gasteiger partial charge in [-0.3, -0.25) is 9.59 Å². The molecule has 0 aliphatic heterocycles. The molecular formula is C11H20N2O3. The summed E-state index contributed by atoms with van der Waals surface area (Å²) in [5.41, 5.74) is 5.61. The van der Waals surface area contributed by atoms with Crippen LogP contribution in [0.15, 0.2) is 0 Å². The van der Waals surface area contributed by atoms with Crippen molar-refractivity contribution in [3.8, 4) is 0 Å². The Morgan fingerprint density at radius 1 is 1.31 bits per heavy atom. The van der Waals surface area contributed by atoms with Gasteiger partial charge in [0.1, 0.15) is 0 Å². The SMILES string of the molecule is NC(CCC(=O)O)C(=O)NC1CCCCC1. The predicted octanol–water partition coefficient (Wildman–Crippen LogP) is 0.627. The first-order valence-electron chi connectivity index (χ1n) is 5.87. The number of hydrogen-bond donors (Lipinski definition) is 3. The van der Waals surface area contributed by atoms with Gasteiger partial charge in [0.2, 0.25) is 5.91 Å². The van der Waals surface area contributed by atoms with E-state index in [0.29, 0.717) is 0 Å². The van der Waals surface area contributed by atoms with Crippen LogP contribution in [0.4, 0.5) is 0 Å². The number of carbonyl (C=O) groups is 2. The molecule has 1 amide bonds. The van der Waals surface area contributed by atoms with Crippen LogP contribution in [-0.2, 0) is 9.59 Å². The number of hydrogen-bond acceptors (Lipinski definition) is 3. The maximum atomic E-state index is 11.6. The van der Waals surface area contributed by atoms with Crippen molar-refractivity contribution in [2.45, 2.75) is 57.0 Å². The summed E-state index contributed by atoms with van der Waals surface area (Å²) in [5.74, 6) is -1.13. The first-order chi connectivity index (χ1) is 7.59. The molecule has 4 N–H and O–H groups in total. The van der Waals surface area contributed by atoms with Gasteiger partial charge in [-0.1, -0.05) is 19.3 Å². The minimum atomic E-state index is -0.916. The number of nitrogens with one attached hydrogen (secondary N) is 1. The van der Waals surface area contributed by atoms with E-state index in [-0.39, 0.29) is 24.8 Å². The fourth-order valence-electron chi connectivity index (χ4n) is 1.97. The second-order valence-corrected chi connectivity index (χ2v) is 4.38. The average molecular weight is 228 g/mol. The molecule has 92 valence electrons. The molecule has 0 spiro atoms. The van der Waals surface area contributed by atoms with Gasteiger partial charge >= 0.3 is 5.97 Å². The lowest BCUT2D eigenvalue weighted by Gasteiger charge is -2.24. The zero-order chi connectivity index (χ0) is 12.0. The summed E-state index contributed by atoms with van der Waals surface area (Å²) < 4.78 is 0. The number of carboxylic acid groups (broad SMARTS) is 1. The molecule has 0 aromatic rings. The third kappa shape index (κ3) is 4.61. The van der Waals surface area contributed by atoms with Gasteiger partial charge in [0.25, 0.3) is 0 Å². The molecular weight excluding hydrogens is 208 g/mol. The lowest BCUT2D eigenvalue weighted by atomic mass is 9.95. The highest BCUT2D eigenvalue weighted by atomic mass is 16.4. The topological polar surface area (TPSA) is 92.4 Å². The van der Waals surface area contributed by atoms with Crippen LogP contribution in [0.3, 0.4) is 0 Å². The fraction of sp³-hybridized carbons (Fsp3) is 0.818. The highest BCUT2D eigenvalue weighted by Gasteiger charge is 2.20. The first-order valence-corrected chi connectivity index (χ1v) is 5.87. The molecule has 16 heavy (non-hydrogen) atoms. The smallest absolute Gasteiger partial charge is 0.303 e. The molecule has 1 saturated carbocycles. The molecule has 1 fully saturated rings. The van der Waals surface area contributed by atoms with Crippen LogP contribution in [0.25, 0.3) is 0 Å². The van der Waals surface area contributed by atoms with E-state index in [1.165, 1.54) is 6.42 Å². The Kier molecular flexibility index (Phi) is 5.25. The van der Waals surface area contributed by atoms with Crippen LogP contribution < -0.4 is 11.1 Å². The molecule has 1 aliphatic carbocycles. The molecule has 1 aliphatic rings. The van der Waals surface area contributed by atoms with Crippen LogP contribution in [0.5, 0.6) is 0 Å². The third-order valence-corrected chi connectivity index (χ3v) is 2.96. The van der Waals surface area contributed by atoms with E-state index in [0.717, 1.165) is 25.7 Å². The Bertz CT molecular complexity index is 250. The monoisotopic (exact) mass is 228 g/mol. The summed E-state index contributed by atoms with van der Waals surface area (Å²) in [6.45, 7) is 0. The summed E-state index contributed by atoms with van der Waals surface area (Å²) in [6, 6.07) is -0.463. The fourth-order valence-corrected chi connectivity index (χ4v) is 1.97. The predicted molar refractivity (Wildman–Crippen MR) is 59.9 cm³/mol. The van der Waals surface area contributed by atoms with Crippen LogP contribution in [0.2, 0.25) is 0 Å². The minimum Gasteiger partial charge on any atom is -0.481 e. The summed E-state index contributed by atoms with van der Waals surface area (Å²) in [7, 11) is 0. The third-order valence-electron chi connectivity index (χ3n) is 2.96. The standard InChI is InChI=1S/C11H20N2O3/c12-9(6-7-10(14)15)11(16)13-8-4-2-1-3-5-8/h8-9H,1-7,12H2,(H,13,16)(H,14,15). The number of amides is 1. The summed E-state index contributed by atoms with van der Waals surface area (Å²) in [6.07, 6.45) is 5.70. The normalized spacial score (nSPS) is 19.1. The van der Waals surface area contributed by atoms with Crippen molar-refractivity contribution in [1.82, 2.24) is 5.32 Å². The van der Waals surface area contributed by atoms with E-state index in [1.807, 2.05) is 0 Å². The van der Waals surface area contributed by atoms with Crippen molar-refractivity contribution in [2.24, 2.45) is 5.73 Å². The molecule has 5 heteroatoms. The zero-order valence-electron chi connectivity index (χ0n) is 9.45. The Balaban J connectivity index is 2.24. The second kappa shape index (κ2) is 6.48. The number of carboxylic acids is 1. The maximum Gasteiger partial charge on any atom is 0.303 e. The molecule has 0 radical (unpaired) electrons. The van der Waals surface area contributed by atoms with Gasteiger partial charge in [-0.2, -0.15) is 0 Å². The first kappa shape index (κ1) is 13.0. The summed E-state index contributed by atoms with van der Waals surface area (Å²) in [5, 5.41) is 11.4. The molecule has 0 aromatic carbocycles. The van der Waals surface area contributed by atoms with E-state index in [9.17, 15) is 9.59 Å². The molecule has 0 saturated heterocycles. The average Bonchev–Trinajstić information content (AvgIpc) is 2.27. The molecule has 1 atom stereocenters. The van der Waals surface area contributed by atoms with Crippen LogP contribution in [0.1, 0.15) is 44.9 Å². The zero-order valence-corrected chi connectivity index (χ0v) is 9.45. The number of carbonyl (C=O) groups excluding carboxylic acids is 1. The van der Waals surface area contributed by atoms with Crippen LogP contribution in [-0.4, -0.2) is 29.1 Å². The van der Waals surface area contributed by atoms with E-state index < -0.39 is 12.0 Å². The van der Waals surface area contributed by atoms with Crippen molar-refractivity contribution < 1.29 is 14.7 Å². The molecule has 5 nitrogen and oxygen atoms in total. The number of aliphatic carboxylic acids is 1. The number of nitrogens with two attached hydrogens (primary N) is 1. The van der Waals surface area contributed by atoms with E-state index in [2.05, 4.69) is 5.32 Å². The van der Waals surface area contributed by atoms with E-state index >= 15 is 0 Å². The maximum absolute atomic E-state index is 11.6. The summed E-state index contributed by atoms with van der Waals surface area (Å²) in [4.78, 5) is 21.9. The Labute approximate surface area is 95.4 Å². The Morgan fingerprint density at radius 2 is 1.94 bits per heavy atom. The van der Waals surface area contributed by atoms with Gasteiger partial charge in [-0.15, -0.1) is 0 Å². The van der Waals surface area contributed by atoms with Crippen molar-refractivity contribution in [3.63, 3.8) is 0 Å². The lowest BCUT2D eigenvalue weighted by Crippen LogP contribution is -2.46. The van der Waals surface area contributed by atoms with Crippen molar-refractivity contribution >= 4 is 11.9 Å².